The molecule has 1 atom stereocenters. The molecule has 0 aromatic carbocycles. The van der Waals surface area contributed by atoms with Gasteiger partial charge in [-0.05, 0) is 30.5 Å². The summed E-state index contributed by atoms with van der Waals surface area (Å²) in [5, 5.41) is 0. The van der Waals surface area contributed by atoms with Crippen LogP contribution in [0.5, 0.6) is 0 Å². The van der Waals surface area contributed by atoms with E-state index in [1.165, 1.54) is 12.0 Å². The van der Waals surface area contributed by atoms with Crippen LogP contribution in [0.2, 0.25) is 0 Å². The molecule has 0 spiro atoms. The Hall–Kier alpha value is -0.970. The van der Waals surface area contributed by atoms with E-state index in [-0.39, 0.29) is 0 Å². The van der Waals surface area contributed by atoms with E-state index in [0.29, 0.717) is 12.5 Å². The lowest BCUT2D eigenvalue weighted by atomic mass is 10.1. The zero-order chi connectivity index (χ0) is 12.1. The molecule has 0 amide bonds. The third kappa shape index (κ3) is 3.25. The van der Waals surface area contributed by atoms with Gasteiger partial charge in [0.05, 0.1) is 12.3 Å². The number of methoxy groups -OCH3 is 1. The summed E-state index contributed by atoms with van der Waals surface area (Å²) in [6.07, 6.45) is 3.04. The van der Waals surface area contributed by atoms with Gasteiger partial charge < -0.3 is 10.5 Å². The molecule has 2 N–H and O–H groups in total. The van der Waals surface area contributed by atoms with Crippen molar-refractivity contribution < 1.29 is 4.74 Å². The summed E-state index contributed by atoms with van der Waals surface area (Å²) in [5.74, 6) is 0.679. The molecule has 4 nitrogen and oxygen atoms in total. The second kappa shape index (κ2) is 6.10. The lowest BCUT2D eigenvalue weighted by Crippen LogP contribution is -2.22. The first kappa shape index (κ1) is 12.5. The number of hydrogen-bond donors (Lipinski definition) is 1. The van der Waals surface area contributed by atoms with Crippen molar-refractivity contribution in [3.8, 4) is 0 Å². The average Bonchev–Trinajstić information content (AvgIpc) is 2.78. The number of nitrogens with zero attached hydrogens (tertiary/aromatic N) is 2. The summed E-state index contributed by atoms with van der Waals surface area (Å²) in [6, 6.07) is 4.11. The largest absolute Gasteiger partial charge is 0.384 e. The molecule has 2 heterocycles. The van der Waals surface area contributed by atoms with E-state index in [1.807, 2.05) is 12.3 Å². The number of aromatic nitrogens is 1. The lowest BCUT2D eigenvalue weighted by molar-refractivity contribution is 0.152. The van der Waals surface area contributed by atoms with Gasteiger partial charge in [-0.15, -0.1) is 0 Å². The molecule has 1 aliphatic rings. The van der Waals surface area contributed by atoms with Gasteiger partial charge in [0.25, 0.3) is 0 Å². The zero-order valence-electron chi connectivity index (χ0n) is 10.4. The molecule has 17 heavy (non-hydrogen) atoms. The predicted molar refractivity (Wildman–Crippen MR) is 67.4 cm³/mol. The Morgan fingerprint density at radius 1 is 1.59 bits per heavy atom. The molecular weight excluding hydrogens is 214 g/mol. The van der Waals surface area contributed by atoms with Gasteiger partial charge in [-0.3, -0.25) is 9.88 Å². The van der Waals surface area contributed by atoms with E-state index >= 15 is 0 Å². The van der Waals surface area contributed by atoms with E-state index in [9.17, 15) is 0 Å². The fraction of sp³-hybridized carbons (Fsp3) is 0.615. The third-order valence-electron chi connectivity index (χ3n) is 3.34. The average molecular weight is 235 g/mol. The second-order valence-electron chi connectivity index (χ2n) is 4.66. The topological polar surface area (TPSA) is 51.4 Å². The fourth-order valence-corrected chi connectivity index (χ4v) is 2.47. The van der Waals surface area contributed by atoms with Crippen LogP contribution in [0.3, 0.4) is 0 Å². The molecule has 1 saturated heterocycles. The highest BCUT2D eigenvalue weighted by Crippen LogP contribution is 2.19. The van der Waals surface area contributed by atoms with Crippen molar-refractivity contribution in [3.63, 3.8) is 0 Å². The number of nitrogens with two attached hydrogens (primary N) is 1. The highest BCUT2D eigenvalue weighted by atomic mass is 16.5. The van der Waals surface area contributed by atoms with E-state index in [1.54, 1.807) is 7.11 Å². The third-order valence-corrected chi connectivity index (χ3v) is 3.34. The summed E-state index contributed by atoms with van der Waals surface area (Å²) < 4.78 is 5.21. The van der Waals surface area contributed by atoms with Crippen molar-refractivity contribution in [2.45, 2.75) is 19.5 Å². The minimum atomic E-state index is 0.519. The van der Waals surface area contributed by atoms with Crippen molar-refractivity contribution in [3.05, 3.63) is 29.6 Å². The monoisotopic (exact) mass is 235 g/mol. The number of rotatable bonds is 5. The predicted octanol–water partition coefficient (Wildman–Crippen LogP) is 1.01. The molecular formula is C13H21N3O. The smallest absolute Gasteiger partial charge is 0.0584 e. The summed E-state index contributed by atoms with van der Waals surface area (Å²) >= 11 is 0. The van der Waals surface area contributed by atoms with Gasteiger partial charge in [-0.1, -0.05) is 6.07 Å². The van der Waals surface area contributed by atoms with Gasteiger partial charge in [0.1, 0.15) is 0 Å². The Labute approximate surface area is 103 Å². The zero-order valence-corrected chi connectivity index (χ0v) is 10.4. The molecule has 1 fully saturated rings. The van der Waals surface area contributed by atoms with Crippen molar-refractivity contribution in [2.24, 2.45) is 11.7 Å². The summed E-state index contributed by atoms with van der Waals surface area (Å²) in [5.41, 5.74) is 7.97. The van der Waals surface area contributed by atoms with Gasteiger partial charge in [-0.25, -0.2) is 0 Å². The fourth-order valence-electron chi connectivity index (χ4n) is 2.47. The van der Waals surface area contributed by atoms with Gasteiger partial charge in [0.15, 0.2) is 0 Å². The number of hydrogen-bond acceptors (Lipinski definition) is 4. The summed E-state index contributed by atoms with van der Waals surface area (Å²) in [6.45, 7) is 4.61. The Balaban J connectivity index is 1.93. The Morgan fingerprint density at radius 2 is 2.47 bits per heavy atom. The van der Waals surface area contributed by atoms with Crippen LogP contribution >= 0.6 is 0 Å². The Morgan fingerprint density at radius 3 is 3.24 bits per heavy atom. The van der Waals surface area contributed by atoms with Crippen molar-refractivity contribution in [1.29, 1.82) is 0 Å². The molecule has 1 aliphatic heterocycles. The van der Waals surface area contributed by atoms with E-state index in [4.69, 9.17) is 10.5 Å². The Bertz CT molecular complexity index is 356. The van der Waals surface area contributed by atoms with Crippen LogP contribution in [0.4, 0.5) is 0 Å². The lowest BCUT2D eigenvalue weighted by Gasteiger charge is -2.17. The Kier molecular flexibility index (Phi) is 4.48. The molecule has 0 bridgehead atoms. The minimum absolute atomic E-state index is 0.519. The number of ether oxygens (including phenoxy) is 1. The summed E-state index contributed by atoms with van der Waals surface area (Å²) in [4.78, 5) is 6.78. The molecule has 2 rings (SSSR count). The highest BCUT2D eigenvalue weighted by molar-refractivity contribution is 5.19. The molecule has 4 heteroatoms. The number of likely N-dealkylation sites (tertiary alicyclic amines) is 1. The van der Waals surface area contributed by atoms with Crippen LogP contribution < -0.4 is 5.73 Å². The number of pyridine rings is 1. The normalized spacial score (nSPS) is 20.9. The van der Waals surface area contributed by atoms with Crippen molar-refractivity contribution in [1.82, 2.24) is 9.88 Å². The maximum atomic E-state index is 5.70. The van der Waals surface area contributed by atoms with E-state index < -0.39 is 0 Å². The molecule has 0 aliphatic carbocycles. The standard InChI is InChI=1S/C13H21N3O/c1-17-10-11-4-6-16(8-11)9-12-3-2-5-15-13(12)7-14/h2-3,5,11H,4,6-10,14H2,1H3. The van der Waals surface area contributed by atoms with Crippen LogP contribution in [-0.4, -0.2) is 36.7 Å². The molecule has 1 unspecified atom stereocenters. The van der Waals surface area contributed by atoms with Gasteiger partial charge in [0.2, 0.25) is 0 Å². The molecule has 1 aromatic rings. The van der Waals surface area contributed by atoms with Crippen LogP contribution in [0.15, 0.2) is 18.3 Å². The SMILES string of the molecule is COCC1CCN(Cc2cccnc2CN)C1. The molecule has 94 valence electrons. The molecule has 0 saturated carbocycles. The highest BCUT2D eigenvalue weighted by Gasteiger charge is 2.22. The van der Waals surface area contributed by atoms with Gasteiger partial charge in [0, 0.05) is 32.9 Å². The maximum absolute atomic E-state index is 5.70. The van der Waals surface area contributed by atoms with Crippen LogP contribution in [-0.2, 0) is 17.8 Å². The van der Waals surface area contributed by atoms with E-state index in [2.05, 4.69) is 16.0 Å². The molecule has 0 radical (unpaired) electrons. The maximum Gasteiger partial charge on any atom is 0.0584 e. The molecule has 1 aromatic heterocycles. The van der Waals surface area contributed by atoms with Crippen molar-refractivity contribution in [2.75, 3.05) is 26.8 Å². The minimum Gasteiger partial charge on any atom is -0.384 e. The van der Waals surface area contributed by atoms with Crippen LogP contribution in [0, 0.1) is 5.92 Å². The quantitative estimate of drug-likeness (QED) is 0.827. The first-order chi connectivity index (χ1) is 8.33. The van der Waals surface area contributed by atoms with Crippen molar-refractivity contribution >= 4 is 0 Å². The van der Waals surface area contributed by atoms with E-state index in [0.717, 1.165) is 31.9 Å². The van der Waals surface area contributed by atoms with Gasteiger partial charge >= 0.3 is 0 Å². The van der Waals surface area contributed by atoms with Crippen LogP contribution in [0.25, 0.3) is 0 Å². The summed E-state index contributed by atoms with van der Waals surface area (Å²) in [7, 11) is 1.77. The van der Waals surface area contributed by atoms with Gasteiger partial charge in [-0.2, -0.15) is 0 Å². The first-order valence-electron chi connectivity index (χ1n) is 6.17. The first-order valence-corrected chi connectivity index (χ1v) is 6.17. The van der Waals surface area contributed by atoms with Crippen LogP contribution in [0.1, 0.15) is 17.7 Å². The second-order valence-corrected chi connectivity index (χ2v) is 4.66.